The first kappa shape index (κ1) is 25.1. The molecule has 1 heterocycles. The third-order valence-corrected chi connectivity index (χ3v) is 6.51. The maximum absolute atomic E-state index is 13.3. The summed E-state index contributed by atoms with van der Waals surface area (Å²) in [6.45, 7) is 7.05. The van der Waals surface area contributed by atoms with Gasteiger partial charge in [-0.15, -0.1) is 10.2 Å². The molecule has 7 heteroatoms. The lowest BCUT2D eigenvalue weighted by atomic mass is 9.84. The number of aromatic nitrogens is 2. The molecule has 0 saturated carbocycles. The average molecular weight is 482 g/mol. The van der Waals surface area contributed by atoms with Gasteiger partial charge in [-0.1, -0.05) is 54.6 Å². The molecular formula is C29H31N5O2. The maximum atomic E-state index is 13.3. The number of rotatable bonds is 8. The van der Waals surface area contributed by atoms with E-state index in [1.807, 2.05) is 86.4 Å². The van der Waals surface area contributed by atoms with Crippen molar-refractivity contribution in [2.24, 2.45) is 11.7 Å². The Morgan fingerprint density at radius 3 is 2.53 bits per heavy atom. The average Bonchev–Trinajstić information content (AvgIpc) is 3.41. The largest absolute Gasteiger partial charge is 0.419 e. The molecule has 2 N–H and O–H groups in total. The van der Waals surface area contributed by atoms with E-state index in [2.05, 4.69) is 16.3 Å². The number of nitriles is 1. The lowest BCUT2D eigenvalue weighted by Crippen LogP contribution is -2.36. The van der Waals surface area contributed by atoms with E-state index in [0.717, 1.165) is 16.7 Å². The molecule has 0 saturated heterocycles. The summed E-state index contributed by atoms with van der Waals surface area (Å²) in [6, 6.07) is 19.6. The first-order chi connectivity index (χ1) is 17.4. The maximum Gasteiger partial charge on any atom is 0.247 e. The fourth-order valence-corrected chi connectivity index (χ4v) is 4.58. The van der Waals surface area contributed by atoms with Crippen LogP contribution >= 0.6 is 0 Å². The van der Waals surface area contributed by atoms with Crippen LogP contribution < -0.4 is 5.73 Å². The zero-order valence-electron chi connectivity index (χ0n) is 20.9. The van der Waals surface area contributed by atoms with Crippen LogP contribution in [-0.4, -0.2) is 34.1 Å². The van der Waals surface area contributed by atoms with Crippen LogP contribution in [0.3, 0.4) is 0 Å². The molecule has 1 aromatic heterocycles. The van der Waals surface area contributed by atoms with Gasteiger partial charge in [0.05, 0.1) is 23.1 Å². The predicted octanol–water partition coefficient (Wildman–Crippen LogP) is 4.71. The highest BCUT2D eigenvalue weighted by molar-refractivity contribution is 5.92. The number of hydrogen-bond acceptors (Lipinski definition) is 6. The smallest absolute Gasteiger partial charge is 0.247 e. The summed E-state index contributed by atoms with van der Waals surface area (Å²) in [7, 11) is 0. The Labute approximate surface area is 211 Å². The van der Waals surface area contributed by atoms with Gasteiger partial charge in [0.2, 0.25) is 17.7 Å². The molecule has 0 radical (unpaired) electrons. The zero-order chi connectivity index (χ0) is 25.7. The lowest BCUT2D eigenvalue weighted by Gasteiger charge is -2.27. The van der Waals surface area contributed by atoms with E-state index in [1.165, 1.54) is 0 Å². The van der Waals surface area contributed by atoms with Gasteiger partial charge in [0.15, 0.2) is 0 Å². The fraction of sp³-hybridized carbons (Fsp3) is 0.310. The standard InChI is InChI=1S/C29H31N5O2/c1-4-34(5-2)27(35)24-16-22(25-14-10-9-13-21(25)19-30)15-23(17-24)26-32-33-28(36-26)29(3,31)18-20-11-7-6-8-12-20/h6-15,17,24H,4-5,16,18,31H2,1-3H3/t24?,29-/m1/s1. The number of benzene rings is 2. The summed E-state index contributed by atoms with van der Waals surface area (Å²) < 4.78 is 6.09. The Kier molecular flexibility index (Phi) is 7.47. The van der Waals surface area contributed by atoms with Crippen LogP contribution in [0.25, 0.3) is 11.1 Å². The highest BCUT2D eigenvalue weighted by Gasteiger charge is 2.31. The van der Waals surface area contributed by atoms with Crippen molar-refractivity contribution in [2.75, 3.05) is 13.1 Å². The number of nitrogens with zero attached hydrogens (tertiary/aromatic N) is 4. The van der Waals surface area contributed by atoms with Crippen LogP contribution in [0.15, 0.2) is 71.2 Å². The third kappa shape index (κ3) is 5.29. The molecule has 1 amide bonds. The Morgan fingerprint density at radius 2 is 1.83 bits per heavy atom. The normalized spacial score (nSPS) is 16.9. The summed E-state index contributed by atoms with van der Waals surface area (Å²) in [6.07, 6.45) is 4.85. The molecular weight excluding hydrogens is 450 g/mol. The van der Waals surface area contributed by atoms with Gasteiger partial charge in [-0.05, 0) is 62.5 Å². The number of nitrogens with two attached hydrogens (primary N) is 1. The Hall–Kier alpha value is -4.02. The number of carbonyl (C=O) groups excluding carboxylic acids is 1. The van der Waals surface area contributed by atoms with E-state index in [-0.39, 0.29) is 5.91 Å². The van der Waals surface area contributed by atoms with Crippen LogP contribution in [0.5, 0.6) is 0 Å². The second-order valence-corrected chi connectivity index (χ2v) is 9.26. The molecule has 0 bridgehead atoms. The van der Waals surface area contributed by atoms with Gasteiger partial charge >= 0.3 is 0 Å². The second kappa shape index (κ2) is 10.7. The Balaban J connectivity index is 1.72. The third-order valence-electron chi connectivity index (χ3n) is 6.51. The van der Waals surface area contributed by atoms with Crippen molar-refractivity contribution in [3.8, 4) is 6.07 Å². The topological polar surface area (TPSA) is 109 Å². The van der Waals surface area contributed by atoms with E-state index in [1.54, 1.807) is 6.07 Å². The number of allylic oxidation sites excluding steroid dienone is 3. The number of hydrogen-bond donors (Lipinski definition) is 1. The quantitative estimate of drug-likeness (QED) is 0.499. The zero-order valence-corrected chi connectivity index (χ0v) is 20.9. The van der Waals surface area contributed by atoms with E-state index >= 15 is 0 Å². The molecule has 2 atom stereocenters. The van der Waals surface area contributed by atoms with Gasteiger partial charge in [0.25, 0.3) is 0 Å². The van der Waals surface area contributed by atoms with Crippen LogP contribution in [0.2, 0.25) is 0 Å². The van der Waals surface area contributed by atoms with E-state index in [9.17, 15) is 10.1 Å². The van der Waals surface area contributed by atoms with Gasteiger partial charge in [0.1, 0.15) is 0 Å². The highest BCUT2D eigenvalue weighted by Crippen LogP contribution is 2.36. The monoisotopic (exact) mass is 481 g/mol. The minimum atomic E-state index is -0.863. The van der Waals surface area contributed by atoms with Crippen molar-refractivity contribution < 1.29 is 9.21 Å². The van der Waals surface area contributed by atoms with E-state index in [4.69, 9.17) is 10.2 Å². The van der Waals surface area contributed by atoms with Gasteiger partial charge in [-0.2, -0.15) is 5.26 Å². The molecule has 184 valence electrons. The second-order valence-electron chi connectivity index (χ2n) is 9.26. The number of carbonyl (C=O) groups is 1. The predicted molar refractivity (Wildman–Crippen MR) is 139 cm³/mol. The molecule has 7 nitrogen and oxygen atoms in total. The highest BCUT2D eigenvalue weighted by atomic mass is 16.4. The van der Waals surface area contributed by atoms with E-state index < -0.39 is 11.5 Å². The van der Waals surface area contributed by atoms with Crippen molar-refractivity contribution in [3.05, 3.63) is 95.2 Å². The molecule has 0 spiro atoms. The summed E-state index contributed by atoms with van der Waals surface area (Å²) >= 11 is 0. The molecule has 1 unspecified atom stereocenters. The number of amides is 1. The van der Waals surface area contributed by atoms with Crippen molar-refractivity contribution in [2.45, 2.75) is 39.2 Å². The van der Waals surface area contributed by atoms with Crippen LogP contribution in [0, 0.1) is 17.2 Å². The summed E-state index contributed by atoms with van der Waals surface area (Å²) in [5.74, 6) is 0.256. The van der Waals surface area contributed by atoms with Crippen molar-refractivity contribution in [3.63, 3.8) is 0 Å². The van der Waals surface area contributed by atoms with Crippen molar-refractivity contribution in [1.82, 2.24) is 15.1 Å². The molecule has 1 aliphatic rings. The summed E-state index contributed by atoms with van der Waals surface area (Å²) in [5, 5.41) is 18.2. The molecule has 1 aliphatic carbocycles. The minimum Gasteiger partial charge on any atom is -0.419 e. The Morgan fingerprint density at radius 1 is 1.14 bits per heavy atom. The first-order valence-electron chi connectivity index (χ1n) is 12.2. The summed E-state index contributed by atoms with van der Waals surface area (Å²) in [4.78, 5) is 15.2. The molecule has 36 heavy (non-hydrogen) atoms. The van der Waals surface area contributed by atoms with Crippen LogP contribution in [0.1, 0.15) is 55.7 Å². The van der Waals surface area contributed by atoms with Gasteiger partial charge in [-0.25, -0.2) is 0 Å². The Bertz CT molecular complexity index is 1330. The fourth-order valence-electron chi connectivity index (χ4n) is 4.58. The first-order valence-corrected chi connectivity index (χ1v) is 12.2. The molecule has 4 rings (SSSR count). The van der Waals surface area contributed by atoms with Gasteiger partial charge < -0.3 is 15.1 Å². The SMILES string of the molecule is CCN(CC)C(=O)C1C=C(c2nnc([C@](C)(N)Cc3ccccc3)o2)C=C(c2ccccc2C#N)C1. The molecule has 3 aromatic rings. The van der Waals surface area contributed by atoms with E-state index in [0.29, 0.717) is 48.8 Å². The van der Waals surface area contributed by atoms with Gasteiger partial charge in [-0.3, -0.25) is 4.79 Å². The van der Waals surface area contributed by atoms with Crippen LogP contribution in [0.4, 0.5) is 0 Å². The van der Waals surface area contributed by atoms with Crippen molar-refractivity contribution >= 4 is 17.1 Å². The van der Waals surface area contributed by atoms with Gasteiger partial charge in [0, 0.05) is 18.7 Å². The van der Waals surface area contributed by atoms with Crippen LogP contribution in [-0.2, 0) is 16.8 Å². The minimum absolute atomic E-state index is 0.0324. The van der Waals surface area contributed by atoms with Crippen molar-refractivity contribution in [1.29, 1.82) is 5.26 Å². The molecule has 2 aromatic carbocycles. The summed E-state index contributed by atoms with van der Waals surface area (Å²) in [5.41, 5.74) is 9.70. The molecule has 0 fully saturated rings. The lowest BCUT2D eigenvalue weighted by molar-refractivity contribution is -0.133. The molecule has 0 aliphatic heterocycles.